The zero-order chi connectivity index (χ0) is 21.6. The van der Waals surface area contributed by atoms with Crippen LogP contribution in [0.1, 0.15) is 31.8 Å². The highest BCUT2D eigenvalue weighted by molar-refractivity contribution is 5.88. The predicted octanol–water partition coefficient (Wildman–Crippen LogP) is 2.55. The molecule has 0 amide bonds. The average Bonchev–Trinajstić information content (AvgIpc) is 2.70. The summed E-state index contributed by atoms with van der Waals surface area (Å²) in [6.45, 7) is -1.65. The van der Waals surface area contributed by atoms with E-state index >= 15 is 0 Å². The molecule has 2 aromatic rings. The number of carboxylic acid groups (broad SMARTS) is 2. The van der Waals surface area contributed by atoms with E-state index in [0.717, 1.165) is 0 Å². The van der Waals surface area contributed by atoms with E-state index in [1.54, 1.807) is 0 Å². The van der Waals surface area contributed by atoms with Gasteiger partial charge in [-0.05, 0) is 47.5 Å². The minimum atomic E-state index is -1.91. The van der Waals surface area contributed by atoms with Crippen molar-refractivity contribution in [1.82, 2.24) is 0 Å². The van der Waals surface area contributed by atoms with Gasteiger partial charge in [0.2, 0.25) is 0 Å². The maximum atomic E-state index is 10.9. The van der Waals surface area contributed by atoms with E-state index in [1.165, 1.54) is 60.7 Å². The summed E-state index contributed by atoms with van der Waals surface area (Å²) in [5, 5.41) is 58.4. The summed E-state index contributed by atoms with van der Waals surface area (Å²) in [4.78, 5) is 21.8. The first-order chi connectivity index (χ1) is 13.7. The third-order valence-electron chi connectivity index (χ3n) is 4.44. The van der Waals surface area contributed by atoms with E-state index in [2.05, 4.69) is 0 Å². The second kappa shape index (κ2) is 9.05. The molecule has 0 saturated carbocycles. The van der Waals surface area contributed by atoms with Crippen LogP contribution in [0.5, 0.6) is 0 Å². The molecule has 8 heteroatoms. The van der Waals surface area contributed by atoms with Crippen molar-refractivity contribution in [2.75, 3.05) is 13.2 Å². The van der Waals surface area contributed by atoms with Crippen molar-refractivity contribution in [2.45, 2.75) is 0 Å². The second-order valence-electron chi connectivity index (χ2n) is 6.31. The highest BCUT2D eigenvalue weighted by Gasteiger charge is 2.38. The third-order valence-corrected chi connectivity index (χ3v) is 4.44. The molecule has 0 saturated heterocycles. The number of carbonyl (C=O) groups is 2. The molecule has 0 spiro atoms. The normalized spacial score (nSPS) is 12.6. The van der Waals surface area contributed by atoms with E-state index in [0.29, 0.717) is 11.1 Å². The van der Waals surface area contributed by atoms with Crippen LogP contribution in [0.3, 0.4) is 0 Å². The molecule has 0 aliphatic heterocycles. The van der Waals surface area contributed by atoms with E-state index in [-0.39, 0.29) is 11.1 Å². The Kier molecular flexibility index (Phi) is 6.76. The molecule has 0 heterocycles. The molecule has 0 unspecified atom stereocenters. The van der Waals surface area contributed by atoms with Gasteiger partial charge in [-0.2, -0.15) is 0 Å². The molecule has 0 fully saturated rings. The maximum absolute atomic E-state index is 10.9. The number of rotatable bonds is 8. The Bertz CT molecular complexity index is 860. The summed E-state index contributed by atoms with van der Waals surface area (Å²) in [6, 6.07) is 11.0. The third kappa shape index (κ3) is 4.81. The molecule has 0 aliphatic carbocycles. The van der Waals surface area contributed by atoms with Crippen LogP contribution in [0, 0.1) is 5.41 Å². The van der Waals surface area contributed by atoms with Crippen LogP contribution in [0.4, 0.5) is 0 Å². The molecule has 2 aromatic carbocycles. The first kappa shape index (κ1) is 21.7. The Hall–Kier alpha value is -3.62. The fraction of sp³-hybridized carbons (Fsp3) is 0.143. The lowest BCUT2D eigenvalue weighted by Crippen LogP contribution is -2.34. The van der Waals surface area contributed by atoms with Crippen molar-refractivity contribution in [2.24, 2.45) is 5.41 Å². The molecule has 0 bridgehead atoms. The van der Waals surface area contributed by atoms with Gasteiger partial charge in [0.15, 0.2) is 0 Å². The number of hydrogen-bond donors (Lipinski definition) is 6. The Labute approximate surface area is 165 Å². The summed E-state index contributed by atoms with van der Waals surface area (Å²) < 4.78 is 0. The predicted molar refractivity (Wildman–Crippen MR) is 105 cm³/mol. The molecule has 29 heavy (non-hydrogen) atoms. The summed E-state index contributed by atoms with van der Waals surface area (Å²) >= 11 is 0. The van der Waals surface area contributed by atoms with Crippen molar-refractivity contribution < 1.29 is 40.2 Å². The van der Waals surface area contributed by atoms with Crippen molar-refractivity contribution >= 4 is 24.1 Å². The Morgan fingerprint density at radius 1 is 0.655 bits per heavy atom. The molecule has 8 nitrogen and oxygen atoms in total. The lowest BCUT2D eigenvalue weighted by Gasteiger charge is -2.28. The van der Waals surface area contributed by atoms with Crippen LogP contribution in [0.25, 0.3) is 12.2 Å². The Morgan fingerprint density at radius 3 is 1.21 bits per heavy atom. The molecular weight excluding hydrogens is 380 g/mol. The summed E-state index contributed by atoms with van der Waals surface area (Å²) in [5.41, 5.74) is -1.04. The standard InChI is InChI=1S/C21H20O8/c22-11-21(12-23,17(24)9-13-1-5-15(6-2-13)19(26)27)18(25)10-14-3-7-16(8-4-14)20(28)29/h1-10,22-25H,11-12H2,(H,26,27)(H,28,29). The monoisotopic (exact) mass is 400 g/mol. The van der Waals surface area contributed by atoms with Crippen LogP contribution in [0.15, 0.2) is 60.0 Å². The van der Waals surface area contributed by atoms with E-state index in [1.807, 2.05) is 0 Å². The van der Waals surface area contributed by atoms with Gasteiger partial charge < -0.3 is 30.6 Å². The van der Waals surface area contributed by atoms with Gasteiger partial charge in [-0.3, -0.25) is 0 Å². The quantitative estimate of drug-likeness (QED) is 0.369. The second-order valence-corrected chi connectivity index (χ2v) is 6.31. The van der Waals surface area contributed by atoms with Gasteiger partial charge in [0.1, 0.15) is 16.9 Å². The highest BCUT2D eigenvalue weighted by atomic mass is 16.4. The van der Waals surface area contributed by atoms with Gasteiger partial charge in [0, 0.05) is 0 Å². The van der Waals surface area contributed by atoms with Gasteiger partial charge in [0.05, 0.1) is 24.3 Å². The van der Waals surface area contributed by atoms with Crippen LogP contribution in [0.2, 0.25) is 0 Å². The lowest BCUT2D eigenvalue weighted by atomic mass is 9.83. The minimum Gasteiger partial charge on any atom is -0.511 e. The molecule has 0 aromatic heterocycles. The van der Waals surface area contributed by atoms with Crippen molar-refractivity contribution in [1.29, 1.82) is 0 Å². The van der Waals surface area contributed by atoms with E-state index in [9.17, 15) is 30.0 Å². The molecule has 0 atom stereocenters. The molecule has 6 N–H and O–H groups in total. The van der Waals surface area contributed by atoms with Gasteiger partial charge in [-0.25, -0.2) is 9.59 Å². The summed E-state index contributed by atoms with van der Waals surface area (Å²) in [7, 11) is 0. The lowest BCUT2D eigenvalue weighted by molar-refractivity contribution is 0.0487. The van der Waals surface area contributed by atoms with Crippen molar-refractivity contribution in [3.05, 3.63) is 82.3 Å². The van der Waals surface area contributed by atoms with E-state index in [4.69, 9.17) is 10.2 Å². The molecule has 0 radical (unpaired) electrons. The van der Waals surface area contributed by atoms with Gasteiger partial charge in [-0.1, -0.05) is 24.3 Å². The van der Waals surface area contributed by atoms with Gasteiger partial charge >= 0.3 is 11.9 Å². The highest BCUT2D eigenvalue weighted by Crippen LogP contribution is 2.34. The number of aromatic carboxylic acids is 2. The molecule has 2 rings (SSSR count). The number of benzene rings is 2. The number of aliphatic hydroxyl groups is 4. The van der Waals surface area contributed by atoms with Gasteiger partial charge in [0.25, 0.3) is 0 Å². The topological polar surface area (TPSA) is 156 Å². The van der Waals surface area contributed by atoms with Crippen LogP contribution in [-0.4, -0.2) is 55.8 Å². The molecular formula is C21H20O8. The number of hydrogen-bond acceptors (Lipinski definition) is 6. The van der Waals surface area contributed by atoms with Crippen molar-refractivity contribution in [3.63, 3.8) is 0 Å². The zero-order valence-corrected chi connectivity index (χ0v) is 15.2. The number of carboxylic acids is 2. The fourth-order valence-electron chi connectivity index (χ4n) is 2.54. The van der Waals surface area contributed by atoms with Crippen LogP contribution >= 0.6 is 0 Å². The molecule has 0 aliphatic rings. The Morgan fingerprint density at radius 2 is 0.966 bits per heavy atom. The zero-order valence-electron chi connectivity index (χ0n) is 15.2. The average molecular weight is 400 g/mol. The maximum Gasteiger partial charge on any atom is 0.335 e. The first-order valence-corrected chi connectivity index (χ1v) is 8.44. The summed E-state index contributed by atoms with van der Waals surface area (Å²) in [6.07, 6.45) is 2.38. The fourth-order valence-corrected chi connectivity index (χ4v) is 2.54. The van der Waals surface area contributed by atoms with E-state index < -0.39 is 42.1 Å². The van der Waals surface area contributed by atoms with Crippen LogP contribution < -0.4 is 0 Å². The first-order valence-electron chi connectivity index (χ1n) is 8.44. The number of aliphatic hydroxyl groups excluding tert-OH is 4. The van der Waals surface area contributed by atoms with Crippen molar-refractivity contribution in [3.8, 4) is 0 Å². The minimum absolute atomic E-state index is 0.0461. The Balaban J connectivity index is 2.39. The SMILES string of the molecule is O=C(O)c1ccc(C=C(O)C(CO)(CO)C(O)=Cc2ccc(C(=O)O)cc2)cc1. The molecule has 152 valence electrons. The largest absolute Gasteiger partial charge is 0.511 e. The van der Waals surface area contributed by atoms with Gasteiger partial charge in [-0.15, -0.1) is 0 Å². The van der Waals surface area contributed by atoms with Crippen LogP contribution in [-0.2, 0) is 0 Å². The smallest absolute Gasteiger partial charge is 0.335 e. The summed E-state index contributed by atoms with van der Waals surface area (Å²) in [5.74, 6) is -3.30.